The molecular weight excluding hydrogens is 388 g/mol. The highest BCUT2D eigenvalue weighted by molar-refractivity contribution is 5.38. The molecule has 0 amide bonds. The van der Waals surface area contributed by atoms with Crippen LogP contribution < -0.4 is 0 Å². The van der Waals surface area contributed by atoms with Gasteiger partial charge >= 0.3 is 0 Å². The van der Waals surface area contributed by atoms with Crippen molar-refractivity contribution >= 4 is 0 Å². The van der Waals surface area contributed by atoms with E-state index in [1.165, 1.54) is 57.8 Å². The van der Waals surface area contributed by atoms with E-state index in [1.54, 1.807) is 0 Å². The lowest BCUT2D eigenvalue weighted by molar-refractivity contribution is -0.0962. The lowest BCUT2D eigenvalue weighted by Gasteiger charge is -2.62. The standard InChI is InChI=1S/C31H54O/c1-20(2)21(3)10-11-22(4)23-14-18-31(9)25-12-13-26-28(5,6)27(32)16-17-29(26,7)24(25)15-19-30(23,31)8/h20-23,26-27,32H,10-19H2,1-9H3/t21?,22-,23-,26+,27+,29-,30-,31+/m1/s1. The molecule has 4 rings (SSSR count). The zero-order chi connectivity index (χ0) is 23.7. The average Bonchev–Trinajstić information content (AvgIpc) is 3.00. The second-order valence-corrected chi connectivity index (χ2v) is 14.5. The van der Waals surface area contributed by atoms with Gasteiger partial charge in [-0.05, 0) is 103 Å². The highest BCUT2D eigenvalue weighted by Crippen LogP contribution is 2.72. The van der Waals surface area contributed by atoms with Gasteiger partial charge in [-0.25, -0.2) is 0 Å². The third kappa shape index (κ3) is 3.41. The molecular formula is C31H54O. The van der Waals surface area contributed by atoms with Crippen molar-refractivity contribution in [3.05, 3.63) is 11.1 Å². The van der Waals surface area contributed by atoms with Gasteiger partial charge in [0.1, 0.15) is 0 Å². The molecule has 0 aromatic rings. The van der Waals surface area contributed by atoms with Gasteiger partial charge in [0.15, 0.2) is 0 Å². The minimum atomic E-state index is -0.128. The quantitative estimate of drug-likeness (QED) is 0.422. The molecule has 4 aliphatic carbocycles. The summed E-state index contributed by atoms with van der Waals surface area (Å²) < 4.78 is 0. The van der Waals surface area contributed by atoms with Crippen LogP contribution in [-0.2, 0) is 0 Å². The minimum Gasteiger partial charge on any atom is -0.393 e. The van der Waals surface area contributed by atoms with Crippen molar-refractivity contribution in [3.63, 3.8) is 0 Å². The van der Waals surface area contributed by atoms with Gasteiger partial charge in [0.2, 0.25) is 0 Å². The Morgan fingerprint density at radius 1 is 0.812 bits per heavy atom. The van der Waals surface area contributed by atoms with Crippen molar-refractivity contribution in [2.45, 2.75) is 133 Å². The van der Waals surface area contributed by atoms with Crippen LogP contribution in [0.1, 0.15) is 127 Å². The first kappa shape index (κ1) is 24.8. The van der Waals surface area contributed by atoms with Gasteiger partial charge in [-0.2, -0.15) is 0 Å². The summed E-state index contributed by atoms with van der Waals surface area (Å²) in [6, 6.07) is 0. The summed E-state index contributed by atoms with van der Waals surface area (Å²) in [4.78, 5) is 0. The largest absolute Gasteiger partial charge is 0.393 e. The Bertz CT molecular complexity index is 746. The summed E-state index contributed by atoms with van der Waals surface area (Å²) in [5, 5.41) is 10.8. The van der Waals surface area contributed by atoms with E-state index >= 15 is 0 Å². The van der Waals surface area contributed by atoms with Crippen LogP contribution in [0, 0.1) is 51.2 Å². The Balaban J connectivity index is 1.62. The first-order valence-electron chi connectivity index (χ1n) is 14.2. The Labute approximate surface area is 200 Å². The van der Waals surface area contributed by atoms with Crippen molar-refractivity contribution in [1.82, 2.24) is 0 Å². The third-order valence-electron chi connectivity index (χ3n) is 12.7. The maximum Gasteiger partial charge on any atom is 0.0594 e. The molecule has 32 heavy (non-hydrogen) atoms. The molecule has 0 aliphatic heterocycles. The number of rotatable bonds is 5. The fourth-order valence-electron chi connectivity index (χ4n) is 9.69. The van der Waals surface area contributed by atoms with E-state index < -0.39 is 0 Å². The molecule has 0 radical (unpaired) electrons. The number of aliphatic hydroxyl groups excluding tert-OH is 1. The predicted octanol–water partition coefficient (Wildman–Crippen LogP) is 8.81. The third-order valence-corrected chi connectivity index (χ3v) is 12.7. The number of allylic oxidation sites excluding steroid dienone is 2. The van der Waals surface area contributed by atoms with E-state index in [-0.39, 0.29) is 11.5 Å². The fourth-order valence-corrected chi connectivity index (χ4v) is 9.69. The van der Waals surface area contributed by atoms with Crippen molar-refractivity contribution in [1.29, 1.82) is 0 Å². The number of aliphatic hydroxyl groups is 1. The van der Waals surface area contributed by atoms with Crippen molar-refractivity contribution in [2.24, 2.45) is 51.2 Å². The van der Waals surface area contributed by atoms with Gasteiger partial charge in [-0.1, -0.05) is 86.3 Å². The summed E-state index contributed by atoms with van der Waals surface area (Å²) in [5.41, 5.74) is 4.98. The molecule has 1 unspecified atom stereocenters. The second-order valence-electron chi connectivity index (χ2n) is 14.5. The van der Waals surface area contributed by atoms with E-state index in [0.29, 0.717) is 22.2 Å². The highest BCUT2D eigenvalue weighted by Gasteiger charge is 2.63. The van der Waals surface area contributed by atoms with Gasteiger partial charge in [-0.3, -0.25) is 0 Å². The summed E-state index contributed by atoms with van der Waals surface area (Å²) in [5.74, 6) is 4.03. The second kappa shape index (κ2) is 8.13. The Morgan fingerprint density at radius 2 is 1.50 bits per heavy atom. The zero-order valence-corrected chi connectivity index (χ0v) is 23.0. The van der Waals surface area contributed by atoms with E-state index in [4.69, 9.17) is 0 Å². The van der Waals surface area contributed by atoms with E-state index in [2.05, 4.69) is 62.3 Å². The summed E-state index contributed by atoms with van der Waals surface area (Å²) >= 11 is 0. The predicted molar refractivity (Wildman–Crippen MR) is 137 cm³/mol. The van der Waals surface area contributed by atoms with Gasteiger partial charge in [0, 0.05) is 0 Å². The summed E-state index contributed by atoms with van der Waals surface area (Å²) in [6.07, 6.45) is 13.0. The Hall–Kier alpha value is -0.300. The topological polar surface area (TPSA) is 20.2 Å². The SMILES string of the molecule is CC(C)C(C)CC[C@@H](C)[C@H]1CC[C@@]2(C)C3=C(CC[C@]12C)[C@@]1(C)CC[C@H](O)C(C)(C)[C@@H]1CC3. The molecule has 0 aromatic heterocycles. The molecule has 8 atom stereocenters. The summed E-state index contributed by atoms with van der Waals surface area (Å²) in [7, 11) is 0. The zero-order valence-electron chi connectivity index (χ0n) is 23.0. The van der Waals surface area contributed by atoms with Crippen LogP contribution in [0.5, 0.6) is 0 Å². The number of hydrogen-bond donors (Lipinski definition) is 1. The van der Waals surface area contributed by atoms with Crippen LogP contribution in [0.25, 0.3) is 0 Å². The number of fused-ring (bicyclic) bond motifs is 4. The average molecular weight is 443 g/mol. The molecule has 2 saturated carbocycles. The van der Waals surface area contributed by atoms with E-state index in [0.717, 1.165) is 30.1 Å². The summed E-state index contributed by atoms with van der Waals surface area (Å²) in [6.45, 7) is 22.5. The monoisotopic (exact) mass is 442 g/mol. The Kier molecular flexibility index (Phi) is 6.31. The van der Waals surface area contributed by atoms with Gasteiger partial charge in [0.25, 0.3) is 0 Å². The van der Waals surface area contributed by atoms with Gasteiger partial charge < -0.3 is 5.11 Å². The first-order chi connectivity index (χ1) is 14.8. The molecule has 0 aromatic carbocycles. The van der Waals surface area contributed by atoms with Gasteiger partial charge in [-0.15, -0.1) is 0 Å². The van der Waals surface area contributed by atoms with Crippen molar-refractivity contribution < 1.29 is 5.11 Å². The normalized spacial score (nSPS) is 45.3. The van der Waals surface area contributed by atoms with Crippen molar-refractivity contribution in [2.75, 3.05) is 0 Å². The molecule has 1 nitrogen and oxygen atoms in total. The van der Waals surface area contributed by atoms with Crippen LogP contribution in [0.4, 0.5) is 0 Å². The van der Waals surface area contributed by atoms with Crippen LogP contribution in [0.2, 0.25) is 0 Å². The molecule has 4 aliphatic rings. The molecule has 0 heterocycles. The smallest absolute Gasteiger partial charge is 0.0594 e. The molecule has 2 fully saturated rings. The lowest BCUT2D eigenvalue weighted by atomic mass is 9.43. The minimum absolute atomic E-state index is 0.0486. The first-order valence-corrected chi connectivity index (χ1v) is 14.2. The fraction of sp³-hybridized carbons (Fsp3) is 0.935. The molecule has 1 N–H and O–H groups in total. The molecule has 1 heteroatoms. The van der Waals surface area contributed by atoms with Crippen molar-refractivity contribution in [3.8, 4) is 0 Å². The van der Waals surface area contributed by atoms with Gasteiger partial charge in [0.05, 0.1) is 6.10 Å². The number of hydrogen-bond acceptors (Lipinski definition) is 1. The molecule has 0 spiro atoms. The van der Waals surface area contributed by atoms with E-state index in [9.17, 15) is 5.11 Å². The maximum absolute atomic E-state index is 10.8. The molecule has 0 bridgehead atoms. The van der Waals surface area contributed by atoms with E-state index in [1.807, 2.05) is 11.1 Å². The van der Waals surface area contributed by atoms with Crippen LogP contribution in [0.3, 0.4) is 0 Å². The van der Waals surface area contributed by atoms with Crippen LogP contribution >= 0.6 is 0 Å². The van der Waals surface area contributed by atoms with Crippen LogP contribution in [0.15, 0.2) is 11.1 Å². The van der Waals surface area contributed by atoms with Crippen LogP contribution in [-0.4, -0.2) is 11.2 Å². The molecule has 0 saturated heterocycles. The Morgan fingerprint density at radius 3 is 2.16 bits per heavy atom. The lowest BCUT2D eigenvalue weighted by Crippen LogP contribution is -2.55. The maximum atomic E-state index is 10.8. The highest BCUT2D eigenvalue weighted by atomic mass is 16.3. The molecule has 184 valence electrons.